The molecule has 0 atom stereocenters. The van der Waals surface area contributed by atoms with Crippen LogP contribution in [0.5, 0.6) is 0 Å². The van der Waals surface area contributed by atoms with Gasteiger partial charge in [-0.25, -0.2) is 0 Å². The molecule has 0 aliphatic rings. The van der Waals surface area contributed by atoms with Crippen LogP contribution in [0.1, 0.15) is 24.8 Å². The van der Waals surface area contributed by atoms with Gasteiger partial charge in [0.25, 0.3) is 0 Å². The number of hydrogen-bond donors (Lipinski definition) is 1. The highest BCUT2D eigenvalue weighted by molar-refractivity contribution is 7.13. The Morgan fingerprint density at radius 1 is 1.26 bits per heavy atom. The van der Waals surface area contributed by atoms with Crippen LogP contribution in [0.15, 0.2) is 46.3 Å². The minimum absolute atomic E-state index is 0.0647. The summed E-state index contributed by atoms with van der Waals surface area (Å²) in [5.41, 5.74) is 2.05. The highest BCUT2D eigenvalue weighted by Crippen LogP contribution is 2.21. The molecule has 0 spiro atoms. The van der Waals surface area contributed by atoms with Crippen molar-refractivity contribution in [1.82, 2.24) is 10.1 Å². The molecular formula is C17H17N3O2S. The maximum Gasteiger partial charge on any atom is 0.227 e. The van der Waals surface area contributed by atoms with Crippen LogP contribution in [0.4, 0.5) is 5.69 Å². The standard InChI is InChI=1S/C17H17N3O2S/c1-2-12-5-7-13(8-6-12)18-15(21)9-10-16-19-17(20-22-16)14-4-3-11-23-14/h3-8,11H,2,9-10H2,1H3,(H,18,21). The monoisotopic (exact) mass is 327 g/mol. The number of nitrogens with one attached hydrogen (secondary N) is 1. The molecule has 1 amide bonds. The third-order valence-corrected chi connectivity index (χ3v) is 4.29. The van der Waals surface area contributed by atoms with Gasteiger partial charge in [-0.1, -0.05) is 30.3 Å². The average molecular weight is 327 g/mol. The molecule has 3 rings (SSSR count). The van der Waals surface area contributed by atoms with E-state index in [4.69, 9.17) is 4.52 Å². The van der Waals surface area contributed by atoms with Gasteiger partial charge >= 0.3 is 0 Å². The average Bonchev–Trinajstić information content (AvgIpc) is 3.25. The van der Waals surface area contributed by atoms with E-state index >= 15 is 0 Å². The summed E-state index contributed by atoms with van der Waals surface area (Å²) in [6, 6.07) is 11.7. The molecule has 6 heteroatoms. The number of rotatable bonds is 6. The molecule has 0 aliphatic heterocycles. The van der Waals surface area contributed by atoms with Gasteiger partial charge in [0, 0.05) is 18.5 Å². The number of hydrogen-bond acceptors (Lipinski definition) is 5. The van der Waals surface area contributed by atoms with Crippen molar-refractivity contribution in [3.05, 3.63) is 53.2 Å². The van der Waals surface area contributed by atoms with Gasteiger partial charge in [-0.3, -0.25) is 4.79 Å². The number of anilines is 1. The quantitative estimate of drug-likeness (QED) is 0.745. The smallest absolute Gasteiger partial charge is 0.227 e. The minimum atomic E-state index is -0.0647. The predicted molar refractivity (Wildman–Crippen MR) is 90.4 cm³/mol. The molecule has 0 unspecified atom stereocenters. The van der Waals surface area contributed by atoms with Crippen LogP contribution in [0, 0.1) is 0 Å². The maximum atomic E-state index is 12.0. The summed E-state index contributed by atoms with van der Waals surface area (Å²) in [6.45, 7) is 2.10. The Balaban J connectivity index is 1.52. The lowest BCUT2D eigenvalue weighted by molar-refractivity contribution is -0.116. The van der Waals surface area contributed by atoms with Gasteiger partial charge in [0.05, 0.1) is 4.88 Å². The summed E-state index contributed by atoms with van der Waals surface area (Å²) in [7, 11) is 0. The van der Waals surface area contributed by atoms with Gasteiger partial charge in [-0.2, -0.15) is 4.98 Å². The Bertz CT molecular complexity index is 764. The molecule has 0 aliphatic carbocycles. The molecular weight excluding hydrogens is 310 g/mol. The molecule has 3 aromatic rings. The van der Waals surface area contributed by atoms with Gasteiger partial charge in [-0.15, -0.1) is 11.3 Å². The Hall–Kier alpha value is -2.47. The van der Waals surface area contributed by atoms with Gasteiger partial charge < -0.3 is 9.84 Å². The second-order valence-corrected chi connectivity index (χ2v) is 6.04. The number of amides is 1. The SMILES string of the molecule is CCc1ccc(NC(=O)CCc2nc(-c3cccs3)no2)cc1. The number of benzene rings is 1. The molecule has 2 aromatic heterocycles. The Morgan fingerprint density at radius 3 is 2.78 bits per heavy atom. The number of aromatic nitrogens is 2. The van der Waals surface area contributed by atoms with Crippen molar-refractivity contribution in [3.63, 3.8) is 0 Å². The normalized spacial score (nSPS) is 10.7. The second kappa shape index (κ2) is 7.19. The molecule has 118 valence electrons. The number of aryl methyl sites for hydroxylation is 2. The fourth-order valence-corrected chi connectivity index (χ4v) is 2.78. The third kappa shape index (κ3) is 4.04. The van der Waals surface area contributed by atoms with Crippen molar-refractivity contribution in [2.24, 2.45) is 0 Å². The van der Waals surface area contributed by atoms with E-state index in [2.05, 4.69) is 22.4 Å². The van der Waals surface area contributed by atoms with E-state index in [1.807, 2.05) is 41.8 Å². The number of nitrogens with zero attached hydrogens (tertiary/aromatic N) is 2. The van der Waals surface area contributed by atoms with Gasteiger partial charge in [0.2, 0.25) is 17.6 Å². The minimum Gasteiger partial charge on any atom is -0.339 e. The van der Waals surface area contributed by atoms with E-state index in [9.17, 15) is 4.79 Å². The van der Waals surface area contributed by atoms with Crippen molar-refractivity contribution in [2.75, 3.05) is 5.32 Å². The first-order valence-corrected chi connectivity index (χ1v) is 8.38. The largest absolute Gasteiger partial charge is 0.339 e. The zero-order valence-corrected chi connectivity index (χ0v) is 13.6. The summed E-state index contributed by atoms with van der Waals surface area (Å²) >= 11 is 1.55. The van der Waals surface area contributed by atoms with Crippen LogP contribution in [-0.2, 0) is 17.6 Å². The Labute approximate surface area is 138 Å². The van der Waals surface area contributed by atoms with Crippen LogP contribution < -0.4 is 5.32 Å². The first-order valence-electron chi connectivity index (χ1n) is 7.50. The van der Waals surface area contributed by atoms with E-state index in [0.29, 0.717) is 24.6 Å². The number of carbonyl (C=O) groups excluding carboxylic acids is 1. The first kappa shape index (κ1) is 15.4. The van der Waals surface area contributed by atoms with Crippen LogP contribution in [0.2, 0.25) is 0 Å². The highest BCUT2D eigenvalue weighted by Gasteiger charge is 2.11. The molecule has 0 saturated carbocycles. The van der Waals surface area contributed by atoms with E-state index in [0.717, 1.165) is 17.0 Å². The van der Waals surface area contributed by atoms with Crippen molar-refractivity contribution in [3.8, 4) is 10.7 Å². The molecule has 1 N–H and O–H groups in total. The maximum absolute atomic E-state index is 12.0. The summed E-state index contributed by atoms with van der Waals surface area (Å²) < 4.78 is 5.18. The molecule has 5 nitrogen and oxygen atoms in total. The predicted octanol–water partition coefficient (Wildman–Crippen LogP) is 3.93. The summed E-state index contributed by atoms with van der Waals surface area (Å²) in [5, 5.41) is 8.76. The van der Waals surface area contributed by atoms with E-state index in [1.54, 1.807) is 11.3 Å². The summed E-state index contributed by atoms with van der Waals surface area (Å²) in [6.07, 6.45) is 1.72. The van der Waals surface area contributed by atoms with Gasteiger partial charge in [-0.05, 0) is 35.6 Å². The molecule has 0 bridgehead atoms. The number of carbonyl (C=O) groups is 1. The van der Waals surface area contributed by atoms with Gasteiger partial charge in [0.15, 0.2) is 0 Å². The lowest BCUT2D eigenvalue weighted by atomic mass is 10.1. The molecule has 0 saturated heterocycles. The highest BCUT2D eigenvalue weighted by atomic mass is 32.1. The van der Waals surface area contributed by atoms with Crippen LogP contribution in [0.3, 0.4) is 0 Å². The van der Waals surface area contributed by atoms with Crippen molar-refractivity contribution < 1.29 is 9.32 Å². The molecule has 23 heavy (non-hydrogen) atoms. The molecule has 1 aromatic carbocycles. The zero-order chi connectivity index (χ0) is 16.1. The molecule has 0 fully saturated rings. The van der Waals surface area contributed by atoms with Gasteiger partial charge in [0.1, 0.15) is 0 Å². The fraction of sp³-hybridized carbons (Fsp3) is 0.235. The fourth-order valence-electron chi connectivity index (χ4n) is 2.13. The van der Waals surface area contributed by atoms with Crippen LogP contribution in [0.25, 0.3) is 10.7 Å². The topological polar surface area (TPSA) is 68.0 Å². The lowest BCUT2D eigenvalue weighted by Crippen LogP contribution is -2.12. The van der Waals surface area contributed by atoms with Crippen molar-refractivity contribution in [1.29, 1.82) is 0 Å². The van der Waals surface area contributed by atoms with E-state index in [1.165, 1.54) is 5.56 Å². The summed E-state index contributed by atoms with van der Waals surface area (Å²) in [5.74, 6) is 0.987. The third-order valence-electron chi connectivity index (χ3n) is 3.42. The summed E-state index contributed by atoms with van der Waals surface area (Å²) in [4.78, 5) is 17.2. The second-order valence-electron chi connectivity index (χ2n) is 5.09. The molecule has 0 radical (unpaired) electrons. The zero-order valence-electron chi connectivity index (χ0n) is 12.8. The van der Waals surface area contributed by atoms with E-state index in [-0.39, 0.29) is 5.91 Å². The Morgan fingerprint density at radius 2 is 2.09 bits per heavy atom. The van der Waals surface area contributed by atoms with Crippen LogP contribution >= 0.6 is 11.3 Å². The number of thiophene rings is 1. The first-order chi connectivity index (χ1) is 11.2. The van der Waals surface area contributed by atoms with Crippen LogP contribution in [-0.4, -0.2) is 16.0 Å². The van der Waals surface area contributed by atoms with E-state index < -0.39 is 0 Å². The van der Waals surface area contributed by atoms with Crippen molar-refractivity contribution in [2.45, 2.75) is 26.2 Å². The Kier molecular flexibility index (Phi) is 4.83. The van der Waals surface area contributed by atoms with Crippen molar-refractivity contribution >= 4 is 22.9 Å². The molecule has 2 heterocycles. The lowest BCUT2D eigenvalue weighted by Gasteiger charge is -2.05.